The van der Waals surface area contributed by atoms with E-state index in [1.54, 1.807) is 0 Å². The van der Waals surface area contributed by atoms with E-state index in [1.165, 1.54) is 5.56 Å². The SMILES string of the molecule is Cc1ccc(N2C(=O)C(C)(C)NCC2C)cc1. The van der Waals surface area contributed by atoms with E-state index in [0.717, 1.165) is 12.2 Å². The Morgan fingerprint density at radius 3 is 2.47 bits per heavy atom. The molecule has 3 heteroatoms. The second kappa shape index (κ2) is 4.15. The molecule has 1 atom stereocenters. The Balaban J connectivity index is 2.35. The van der Waals surface area contributed by atoms with Gasteiger partial charge in [0.2, 0.25) is 5.91 Å². The third kappa shape index (κ3) is 2.20. The molecule has 1 aliphatic rings. The van der Waals surface area contributed by atoms with Crippen molar-refractivity contribution in [2.75, 3.05) is 11.4 Å². The Kier molecular flexibility index (Phi) is 2.96. The number of benzene rings is 1. The van der Waals surface area contributed by atoms with Gasteiger partial charge in [-0.15, -0.1) is 0 Å². The summed E-state index contributed by atoms with van der Waals surface area (Å²) in [6.45, 7) is 8.81. The Bertz CT molecular complexity index is 422. The molecule has 1 fully saturated rings. The standard InChI is InChI=1S/C14H20N2O/c1-10-5-7-12(8-6-10)16-11(2)9-15-14(3,4)13(16)17/h5-8,11,15H,9H2,1-4H3. The molecule has 1 aromatic carbocycles. The number of aryl methyl sites for hydroxylation is 1. The van der Waals surface area contributed by atoms with Crippen LogP contribution in [-0.4, -0.2) is 24.0 Å². The first-order valence-corrected chi connectivity index (χ1v) is 6.07. The summed E-state index contributed by atoms with van der Waals surface area (Å²) in [7, 11) is 0. The summed E-state index contributed by atoms with van der Waals surface area (Å²) in [6, 6.07) is 8.32. The summed E-state index contributed by atoms with van der Waals surface area (Å²) in [5, 5.41) is 3.28. The molecule has 1 N–H and O–H groups in total. The van der Waals surface area contributed by atoms with E-state index in [0.29, 0.717) is 0 Å². The van der Waals surface area contributed by atoms with Gasteiger partial charge in [0.15, 0.2) is 0 Å². The first kappa shape index (κ1) is 12.1. The maximum atomic E-state index is 12.4. The Labute approximate surface area is 103 Å². The summed E-state index contributed by atoms with van der Waals surface area (Å²) < 4.78 is 0. The van der Waals surface area contributed by atoms with Crippen LogP contribution in [0.15, 0.2) is 24.3 Å². The number of nitrogens with one attached hydrogen (secondary N) is 1. The molecule has 0 aliphatic carbocycles. The lowest BCUT2D eigenvalue weighted by Crippen LogP contribution is -2.64. The van der Waals surface area contributed by atoms with Gasteiger partial charge in [-0.3, -0.25) is 4.79 Å². The average molecular weight is 232 g/mol. The van der Waals surface area contributed by atoms with Crippen LogP contribution in [0.4, 0.5) is 5.69 Å². The fourth-order valence-corrected chi connectivity index (χ4v) is 2.15. The molecule has 3 nitrogen and oxygen atoms in total. The van der Waals surface area contributed by atoms with Crippen molar-refractivity contribution in [3.8, 4) is 0 Å². The van der Waals surface area contributed by atoms with Crippen molar-refractivity contribution in [1.29, 1.82) is 0 Å². The van der Waals surface area contributed by atoms with Crippen molar-refractivity contribution in [3.05, 3.63) is 29.8 Å². The molecule has 17 heavy (non-hydrogen) atoms. The number of carbonyl (C=O) groups excluding carboxylic acids is 1. The van der Waals surface area contributed by atoms with Crippen molar-refractivity contribution in [2.24, 2.45) is 0 Å². The zero-order valence-electron chi connectivity index (χ0n) is 10.9. The molecule has 1 saturated heterocycles. The molecule has 0 bridgehead atoms. The lowest BCUT2D eigenvalue weighted by atomic mass is 9.97. The monoisotopic (exact) mass is 232 g/mol. The van der Waals surface area contributed by atoms with E-state index in [1.807, 2.05) is 43.0 Å². The Morgan fingerprint density at radius 1 is 1.29 bits per heavy atom. The fraction of sp³-hybridized carbons (Fsp3) is 0.500. The van der Waals surface area contributed by atoms with Crippen molar-refractivity contribution in [1.82, 2.24) is 5.32 Å². The van der Waals surface area contributed by atoms with Gasteiger partial charge in [0.25, 0.3) is 0 Å². The van der Waals surface area contributed by atoms with Crippen LogP contribution in [0.2, 0.25) is 0 Å². The van der Waals surface area contributed by atoms with E-state index in [-0.39, 0.29) is 11.9 Å². The number of piperazine rings is 1. The molecular weight excluding hydrogens is 212 g/mol. The molecule has 1 heterocycles. The van der Waals surface area contributed by atoms with Crippen LogP contribution in [-0.2, 0) is 4.79 Å². The molecular formula is C14H20N2O. The molecule has 0 aromatic heterocycles. The summed E-state index contributed by atoms with van der Waals surface area (Å²) in [5.74, 6) is 0.139. The predicted octanol–water partition coefficient (Wildman–Crippen LogP) is 2.10. The lowest BCUT2D eigenvalue weighted by molar-refractivity contribution is -0.125. The van der Waals surface area contributed by atoms with E-state index in [4.69, 9.17) is 0 Å². The Hall–Kier alpha value is -1.35. The minimum atomic E-state index is -0.475. The van der Waals surface area contributed by atoms with Crippen LogP contribution in [0.25, 0.3) is 0 Å². The quantitative estimate of drug-likeness (QED) is 0.804. The van der Waals surface area contributed by atoms with Gasteiger partial charge in [-0.05, 0) is 39.8 Å². The number of carbonyl (C=O) groups is 1. The first-order valence-electron chi connectivity index (χ1n) is 6.07. The summed E-state index contributed by atoms with van der Waals surface area (Å²) in [5.41, 5.74) is 1.73. The third-order valence-corrected chi connectivity index (χ3v) is 3.35. The van der Waals surface area contributed by atoms with Crippen molar-refractivity contribution < 1.29 is 4.79 Å². The number of hydrogen-bond donors (Lipinski definition) is 1. The molecule has 1 aromatic rings. The molecule has 1 amide bonds. The van der Waals surface area contributed by atoms with Crippen molar-refractivity contribution >= 4 is 11.6 Å². The molecule has 0 radical (unpaired) electrons. The minimum absolute atomic E-state index is 0.139. The predicted molar refractivity (Wildman–Crippen MR) is 70.2 cm³/mol. The van der Waals surface area contributed by atoms with E-state index in [2.05, 4.69) is 19.2 Å². The molecule has 92 valence electrons. The highest BCUT2D eigenvalue weighted by Gasteiger charge is 2.39. The van der Waals surface area contributed by atoms with E-state index >= 15 is 0 Å². The van der Waals surface area contributed by atoms with Gasteiger partial charge in [-0.1, -0.05) is 17.7 Å². The summed E-state index contributed by atoms with van der Waals surface area (Å²) in [6.07, 6.45) is 0. The van der Waals surface area contributed by atoms with E-state index in [9.17, 15) is 4.79 Å². The van der Waals surface area contributed by atoms with Crippen molar-refractivity contribution in [2.45, 2.75) is 39.3 Å². The maximum Gasteiger partial charge on any atom is 0.247 e. The van der Waals surface area contributed by atoms with Crippen molar-refractivity contribution in [3.63, 3.8) is 0 Å². The van der Waals surface area contributed by atoms with E-state index < -0.39 is 5.54 Å². The van der Waals surface area contributed by atoms with Gasteiger partial charge in [-0.2, -0.15) is 0 Å². The minimum Gasteiger partial charge on any atom is -0.307 e. The second-order valence-electron chi connectivity index (χ2n) is 5.37. The summed E-state index contributed by atoms with van der Waals surface area (Å²) >= 11 is 0. The van der Waals surface area contributed by atoms with Gasteiger partial charge in [0.1, 0.15) is 0 Å². The van der Waals surface area contributed by atoms with Crippen LogP contribution < -0.4 is 10.2 Å². The maximum absolute atomic E-state index is 12.4. The van der Waals surface area contributed by atoms with Crippen LogP contribution in [0, 0.1) is 6.92 Å². The van der Waals surface area contributed by atoms with Crippen LogP contribution >= 0.6 is 0 Å². The normalized spacial score (nSPS) is 23.9. The number of hydrogen-bond acceptors (Lipinski definition) is 2. The Morgan fingerprint density at radius 2 is 1.88 bits per heavy atom. The highest BCUT2D eigenvalue weighted by Crippen LogP contribution is 2.24. The zero-order chi connectivity index (χ0) is 12.6. The molecule has 2 rings (SSSR count). The topological polar surface area (TPSA) is 32.3 Å². The fourth-order valence-electron chi connectivity index (χ4n) is 2.15. The molecule has 1 aliphatic heterocycles. The van der Waals surface area contributed by atoms with Gasteiger partial charge < -0.3 is 10.2 Å². The highest BCUT2D eigenvalue weighted by atomic mass is 16.2. The van der Waals surface area contributed by atoms with Gasteiger partial charge in [0, 0.05) is 18.3 Å². The average Bonchev–Trinajstić information content (AvgIpc) is 2.28. The lowest BCUT2D eigenvalue weighted by Gasteiger charge is -2.42. The first-order chi connectivity index (χ1) is 7.92. The van der Waals surface area contributed by atoms with Crippen LogP contribution in [0.5, 0.6) is 0 Å². The smallest absolute Gasteiger partial charge is 0.247 e. The van der Waals surface area contributed by atoms with Gasteiger partial charge in [-0.25, -0.2) is 0 Å². The molecule has 0 saturated carbocycles. The van der Waals surface area contributed by atoms with Gasteiger partial charge >= 0.3 is 0 Å². The third-order valence-electron chi connectivity index (χ3n) is 3.35. The van der Waals surface area contributed by atoms with Crippen LogP contribution in [0.1, 0.15) is 26.3 Å². The number of anilines is 1. The summed E-state index contributed by atoms with van der Waals surface area (Å²) in [4.78, 5) is 14.3. The number of rotatable bonds is 1. The van der Waals surface area contributed by atoms with Crippen LogP contribution in [0.3, 0.4) is 0 Å². The second-order valence-corrected chi connectivity index (χ2v) is 5.37. The molecule has 1 unspecified atom stereocenters. The van der Waals surface area contributed by atoms with Gasteiger partial charge in [0.05, 0.1) is 5.54 Å². The largest absolute Gasteiger partial charge is 0.307 e. The zero-order valence-corrected chi connectivity index (χ0v) is 10.9. The highest BCUT2D eigenvalue weighted by molar-refractivity contribution is 6.01. The molecule has 0 spiro atoms. The number of amides is 1. The number of nitrogens with zero attached hydrogens (tertiary/aromatic N) is 1.